The normalized spacial score (nSPS) is 11.4. The molecule has 1 nitrogen and oxygen atoms in total. The smallest absolute Gasteiger partial charge is 0.406 e. The number of ether oxygens (including phenoxy) is 1. The van der Waals surface area contributed by atoms with Gasteiger partial charge in [0, 0.05) is 5.88 Å². The third-order valence-corrected chi connectivity index (χ3v) is 1.50. The van der Waals surface area contributed by atoms with Crippen molar-refractivity contribution in [2.45, 2.75) is 12.2 Å². The van der Waals surface area contributed by atoms with Crippen LogP contribution in [0.5, 0.6) is 5.75 Å². The van der Waals surface area contributed by atoms with Gasteiger partial charge in [-0.15, -0.1) is 24.8 Å². The molecular weight excluding hydrogens is 205 g/mol. The SMILES string of the molecule is FC(F)(F)Oc1cc[c]c(CCl)c1. The molecule has 0 fully saturated rings. The van der Waals surface area contributed by atoms with Gasteiger partial charge < -0.3 is 4.74 Å². The molecule has 0 unspecified atom stereocenters. The van der Waals surface area contributed by atoms with Crippen molar-refractivity contribution in [3.05, 3.63) is 29.8 Å². The van der Waals surface area contributed by atoms with E-state index < -0.39 is 6.36 Å². The Balaban J connectivity index is 2.78. The lowest BCUT2D eigenvalue weighted by Crippen LogP contribution is -2.17. The highest BCUT2D eigenvalue weighted by Crippen LogP contribution is 2.23. The number of alkyl halides is 4. The Labute approximate surface area is 78.1 Å². The Kier molecular flexibility index (Phi) is 3.03. The highest BCUT2D eigenvalue weighted by Gasteiger charge is 2.30. The predicted molar refractivity (Wildman–Crippen MR) is 41.5 cm³/mol. The van der Waals surface area contributed by atoms with E-state index in [0.29, 0.717) is 5.56 Å². The van der Waals surface area contributed by atoms with Crippen LogP contribution in [0, 0.1) is 6.07 Å². The van der Waals surface area contributed by atoms with E-state index >= 15 is 0 Å². The molecule has 1 aromatic carbocycles. The molecule has 0 atom stereocenters. The van der Waals surface area contributed by atoms with E-state index in [2.05, 4.69) is 10.8 Å². The molecular formula is C8H5ClF3O. The maximum atomic E-state index is 11.7. The minimum Gasteiger partial charge on any atom is -0.406 e. The molecule has 0 aliphatic carbocycles. The zero-order chi connectivity index (χ0) is 9.90. The van der Waals surface area contributed by atoms with E-state index in [0.717, 1.165) is 0 Å². The van der Waals surface area contributed by atoms with Gasteiger partial charge in [-0.2, -0.15) is 0 Å². The third kappa shape index (κ3) is 3.55. The third-order valence-electron chi connectivity index (χ3n) is 1.21. The lowest BCUT2D eigenvalue weighted by Gasteiger charge is -2.08. The highest BCUT2D eigenvalue weighted by molar-refractivity contribution is 6.17. The van der Waals surface area contributed by atoms with Gasteiger partial charge in [0.2, 0.25) is 0 Å². The maximum absolute atomic E-state index is 11.7. The van der Waals surface area contributed by atoms with Gasteiger partial charge in [-0.25, -0.2) is 0 Å². The van der Waals surface area contributed by atoms with Gasteiger partial charge in [-0.1, -0.05) is 6.07 Å². The first-order valence-electron chi connectivity index (χ1n) is 3.33. The van der Waals surface area contributed by atoms with Crippen molar-refractivity contribution in [3.8, 4) is 5.75 Å². The fraction of sp³-hybridized carbons (Fsp3) is 0.250. The Hall–Kier alpha value is -0.900. The fourth-order valence-electron chi connectivity index (χ4n) is 0.767. The molecule has 13 heavy (non-hydrogen) atoms. The molecule has 0 aliphatic rings. The summed E-state index contributed by atoms with van der Waals surface area (Å²) >= 11 is 5.40. The fourth-order valence-corrected chi connectivity index (χ4v) is 0.921. The van der Waals surface area contributed by atoms with Crippen molar-refractivity contribution in [2.24, 2.45) is 0 Å². The lowest BCUT2D eigenvalue weighted by atomic mass is 10.2. The van der Waals surface area contributed by atoms with E-state index in [1.807, 2.05) is 0 Å². The molecule has 0 saturated carbocycles. The van der Waals surface area contributed by atoms with Gasteiger partial charge in [0.25, 0.3) is 0 Å². The molecule has 0 N–H and O–H groups in total. The van der Waals surface area contributed by atoms with Gasteiger partial charge in [0.15, 0.2) is 0 Å². The summed E-state index contributed by atoms with van der Waals surface area (Å²) in [5, 5.41) is 0. The zero-order valence-electron chi connectivity index (χ0n) is 6.36. The first kappa shape index (κ1) is 10.2. The molecule has 0 aliphatic heterocycles. The van der Waals surface area contributed by atoms with Crippen molar-refractivity contribution in [1.82, 2.24) is 0 Å². The first-order chi connectivity index (χ1) is 6.01. The number of benzene rings is 1. The summed E-state index contributed by atoms with van der Waals surface area (Å²) in [5.41, 5.74) is 0.461. The minimum absolute atomic E-state index is 0.106. The van der Waals surface area contributed by atoms with Crippen LogP contribution in [-0.4, -0.2) is 6.36 Å². The van der Waals surface area contributed by atoms with Gasteiger partial charge in [0.05, 0.1) is 0 Å². The molecule has 0 bridgehead atoms. The van der Waals surface area contributed by atoms with E-state index in [-0.39, 0.29) is 11.6 Å². The molecule has 0 aromatic heterocycles. The van der Waals surface area contributed by atoms with Crippen LogP contribution in [0.1, 0.15) is 5.56 Å². The maximum Gasteiger partial charge on any atom is 0.573 e. The van der Waals surface area contributed by atoms with Crippen LogP contribution >= 0.6 is 11.6 Å². The van der Waals surface area contributed by atoms with Crippen molar-refractivity contribution in [1.29, 1.82) is 0 Å². The number of hydrogen-bond acceptors (Lipinski definition) is 1. The number of hydrogen-bond donors (Lipinski definition) is 0. The average molecular weight is 210 g/mol. The van der Waals surface area contributed by atoms with Gasteiger partial charge in [-0.3, -0.25) is 0 Å². The summed E-state index contributed by atoms with van der Waals surface area (Å²) in [7, 11) is 0. The zero-order valence-corrected chi connectivity index (χ0v) is 7.12. The van der Waals surface area contributed by atoms with Crippen molar-refractivity contribution < 1.29 is 17.9 Å². The van der Waals surface area contributed by atoms with Gasteiger partial charge in [-0.05, 0) is 23.8 Å². The standard InChI is InChI=1S/C8H5ClF3O/c9-5-6-2-1-3-7(4-6)13-8(10,11)12/h1,3-4H,5H2. The van der Waals surface area contributed by atoms with Crippen LogP contribution < -0.4 is 4.74 Å². The van der Waals surface area contributed by atoms with Gasteiger partial charge in [0.1, 0.15) is 5.75 Å². The number of rotatable bonds is 2. The Morgan fingerprint density at radius 3 is 2.69 bits per heavy atom. The molecule has 0 saturated heterocycles. The second-order valence-electron chi connectivity index (χ2n) is 2.23. The molecule has 1 radical (unpaired) electrons. The van der Waals surface area contributed by atoms with E-state index in [1.165, 1.54) is 18.2 Å². The summed E-state index contributed by atoms with van der Waals surface area (Å²) in [6, 6.07) is 6.36. The van der Waals surface area contributed by atoms with E-state index in [9.17, 15) is 13.2 Å². The van der Waals surface area contributed by atoms with E-state index in [1.54, 1.807) is 0 Å². The summed E-state index contributed by atoms with van der Waals surface area (Å²) < 4.78 is 38.8. The Morgan fingerprint density at radius 1 is 1.46 bits per heavy atom. The molecule has 1 rings (SSSR count). The predicted octanol–water partition coefficient (Wildman–Crippen LogP) is 3.12. The second-order valence-corrected chi connectivity index (χ2v) is 2.50. The van der Waals surface area contributed by atoms with Crippen LogP contribution in [0.15, 0.2) is 18.2 Å². The van der Waals surface area contributed by atoms with Crippen LogP contribution in [0.25, 0.3) is 0 Å². The monoisotopic (exact) mass is 209 g/mol. The topological polar surface area (TPSA) is 9.23 Å². The number of halogens is 4. The Bertz CT molecular complexity index is 285. The molecule has 0 spiro atoms. The minimum atomic E-state index is -4.66. The van der Waals surface area contributed by atoms with Crippen LogP contribution in [0.4, 0.5) is 13.2 Å². The van der Waals surface area contributed by atoms with Crippen LogP contribution in [0.2, 0.25) is 0 Å². The first-order valence-corrected chi connectivity index (χ1v) is 3.87. The average Bonchev–Trinajstić information content (AvgIpc) is 2.01. The lowest BCUT2D eigenvalue weighted by molar-refractivity contribution is -0.274. The molecule has 0 amide bonds. The summed E-state index contributed by atoms with van der Waals surface area (Å²) in [6.07, 6.45) is -4.66. The highest BCUT2D eigenvalue weighted by atomic mass is 35.5. The molecule has 1 aromatic rings. The molecule has 0 heterocycles. The summed E-state index contributed by atoms with van der Waals surface area (Å²) in [6.45, 7) is 0. The van der Waals surface area contributed by atoms with Crippen molar-refractivity contribution in [2.75, 3.05) is 0 Å². The second kappa shape index (κ2) is 3.87. The summed E-state index contributed by atoms with van der Waals surface area (Å²) in [5.74, 6) is -0.170. The largest absolute Gasteiger partial charge is 0.573 e. The van der Waals surface area contributed by atoms with Crippen LogP contribution in [-0.2, 0) is 5.88 Å². The quantitative estimate of drug-likeness (QED) is 0.680. The van der Waals surface area contributed by atoms with E-state index in [4.69, 9.17) is 11.6 Å². The van der Waals surface area contributed by atoms with Gasteiger partial charge >= 0.3 is 6.36 Å². The molecule has 5 heteroatoms. The van der Waals surface area contributed by atoms with Crippen LogP contribution in [0.3, 0.4) is 0 Å². The summed E-state index contributed by atoms with van der Waals surface area (Å²) in [4.78, 5) is 0. The Morgan fingerprint density at radius 2 is 2.15 bits per heavy atom. The van der Waals surface area contributed by atoms with Crippen molar-refractivity contribution in [3.63, 3.8) is 0 Å². The van der Waals surface area contributed by atoms with Crippen molar-refractivity contribution >= 4 is 11.6 Å². The molecule has 71 valence electrons.